The zero-order valence-electron chi connectivity index (χ0n) is 14.0. The summed E-state index contributed by atoms with van der Waals surface area (Å²) in [4.78, 5) is 21.9. The van der Waals surface area contributed by atoms with Crippen molar-refractivity contribution in [3.63, 3.8) is 0 Å². The topological polar surface area (TPSA) is 54.9 Å². The lowest BCUT2D eigenvalue weighted by Crippen LogP contribution is -2.12. The zero-order valence-corrected chi connectivity index (χ0v) is 15.7. The highest BCUT2D eigenvalue weighted by Crippen LogP contribution is 2.34. The number of fused-ring (bicyclic) bond motifs is 2. The van der Waals surface area contributed by atoms with Crippen molar-refractivity contribution in [1.82, 2.24) is 9.97 Å². The predicted octanol–water partition coefficient (Wildman–Crippen LogP) is 5.83. The Morgan fingerprint density at radius 3 is 2.11 bits per heavy atom. The number of anilines is 1. The molecule has 0 saturated heterocycles. The van der Waals surface area contributed by atoms with Gasteiger partial charge in [-0.1, -0.05) is 36.4 Å². The monoisotopic (exact) mass is 387 g/mol. The van der Waals surface area contributed by atoms with Gasteiger partial charge in [0.1, 0.15) is 5.01 Å². The van der Waals surface area contributed by atoms with Crippen molar-refractivity contribution in [3.8, 4) is 10.6 Å². The molecule has 4 nitrogen and oxygen atoms in total. The number of hydrogen-bond acceptors (Lipinski definition) is 5. The SMILES string of the molecule is O=C(Nc1ccccc1-c1nc2ccccc2s1)c1nc2ccccc2s1. The molecule has 0 aliphatic carbocycles. The van der Waals surface area contributed by atoms with Gasteiger partial charge in [0.15, 0.2) is 5.01 Å². The molecule has 1 N–H and O–H groups in total. The van der Waals surface area contributed by atoms with Gasteiger partial charge < -0.3 is 5.32 Å². The molecule has 6 heteroatoms. The highest BCUT2D eigenvalue weighted by Gasteiger charge is 2.16. The first-order chi connectivity index (χ1) is 13.3. The van der Waals surface area contributed by atoms with Crippen molar-refractivity contribution in [3.05, 3.63) is 77.8 Å². The van der Waals surface area contributed by atoms with E-state index in [1.54, 1.807) is 11.3 Å². The Morgan fingerprint density at radius 2 is 1.37 bits per heavy atom. The fraction of sp³-hybridized carbons (Fsp3) is 0. The number of benzene rings is 3. The van der Waals surface area contributed by atoms with E-state index in [-0.39, 0.29) is 5.91 Å². The fourth-order valence-electron chi connectivity index (χ4n) is 2.91. The van der Waals surface area contributed by atoms with Crippen molar-refractivity contribution in [1.29, 1.82) is 0 Å². The third kappa shape index (κ3) is 2.99. The van der Waals surface area contributed by atoms with Crippen LogP contribution in [-0.4, -0.2) is 15.9 Å². The summed E-state index contributed by atoms with van der Waals surface area (Å²) in [6.07, 6.45) is 0. The van der Waals surface area contributed by atoms with Crippen LogP contribution in [0, 0.1) is 0 Å². The van der Waals surface area contributed by atoms with Crippen LogP contribution >= 0.6 is 22.7 Å². The number of amides is 1. The Balaban J connectivity index is 1.51. The van der Waals surface area contributed by atoms with Gasteiger partial charge >= 0.3 is 0 Å². The van der Waals surface area contributed by atoms with Gasteiger partial charge in [-0.05, 0) is 36.4 Å². The smallest absolute Gasteiger partial charge is 0.284 e. The van der Waals surface area contributed by atoms with Gasteiger partial charge in [0, 0.05) is 5.56 Å². The number of rotatable bonds is 3. The molecule has 0 aliphatic heterocycles. The molecule has 0 bridgehead atoms. The molecule has 0 radical (unpaired) electrons. The van der Waals surface area contributed by atoms with Crippen LogP contribution in [-0.2, 0) is 0 Å². The maximum Gasteiger partial charge on any atom is 0.284 e. The van der Waals surface area contributed by atoms with Crippen LogP contribution in [0.15, 0.2) is 72.8 Å². The molecule has 130 valence electrons. The Labute approximate surface area is 163 Å². The lowest BCUT2D eigenvalue weighted by Gasteiger charge is -2.07. The molecular formula is C21H13N3OS2. The van der Waals surface area contributed by atoms with Gasteiger partial charge in [0.2, 0.25) is 0 Å². The van der Waals surface area contributed by atoms with Crippen molar-refractivity contribution < 1.29 is 4.79 Å². The third-order valence-electron chi connectivity index (χ3n) is 4.19. The summed E-state index contributed by atoms with van der Waals surface area (Å²) in [5.41, 5.74) is 3.45. The Morgan fingerprint density at radius 1 is 0.741 bits per heavy atom. The first-order valence-corrected chi connectivity index (χ1v) is 10.0. The Kier molecular flexibility index (Phi) is 3.92. The zero-order chi connectivity index (χ0) is 18.2. The number of para-hydroxylation sites is 3. The minimum atomic E-state index is -0.204. The summed E-state index contributed by atoms with van der Waals surface area (Å²) >= 11 is 3.01. The number of nitrogens with one attached hydrogen (secondary N) is 1. The van der Waals surface area contributed by atoms with E-state index in [1.807, 2.05) is 66.7 Å². The first-order valence-electron chi connectivity index (χ1n) is 8.40. The molecule has 0 spiro atoms. The number of aromatic nitrogens is 2. The number of hydrogen-bond donors (Lipinski definition) is 1. The highest BCUT2D eigenvalue weighted by molar-refractivity contribution is 7.21. The average molecular weight is 387 g/mol. The summed E-state index contributed by atoms with van der Waals surface area (Å²) in [6, 6.07) is 23.5. The van der Waals surface area contributed by atoms with Crippen molar-refractivity contribution in [2.45, 2.75) is 0 Å². The van der Waals surface area contributed by atoms with Crippen LogP contribution in [0.2, 0.25) is 0 Å². The number of carbonyl (C=O) groups is 1. The van der Waals surface area contributed by atoms with E-state index in [2.05, 4.69) is 16.4 Å². The lowest BCUT2D eigenvalue weighted by atomic mass is 10.2. The van der Waals surface area contributed by atoms with E-state index in [4.69, 9.17) is 4.98 Å². The summed E-state index contributed by atoms with van der Waals surface area (Å²) in [5, 5.41) is 4.35. The van der Waals surface area contributed by atoms with Gasteiger partial charge in [0.25, 0.3) is 5.91 Å². The second-order valence-electron chi connectivity index (χ2n) is 5.97. The molecule has 0 atom stereocenters. The number of thiazole rings is 2. The summed E-state index contributed by atoms with van der Waals surface area (Å²) < 4.78 is 2.13. The van der Waals surface area contributed by atoms with Crippen LogP contribution in [0.25, 0.3) is 31.0 Å². The van der Waals surface area contributed by atoms with Gasteiger partial charge in [-0.2, -0.15) is 0 Å². The Bertz CT molecular complexity index is 1220. The Hall–Kier alpha value is -3.09. The quantitative estimate of drug-likeness (QED) is 0.424. The predicted molar refractivity (Wildman–Crippen MR) is 113 cm³/mol. The maximum atomic E-state index is 12.8. The van der Waals surface area contributed by atoms with E-state index in [0.717, 1.165) is 36.7 Å². The standard InChI is InChI=1S/C21H13N3OS2/c25-19(21-24-16-10-4-6-12-18(16)27-21)22-14-8-2-1-7-13(14)20-23-15-9-3-5-11-17(15)26-20/h1-12H,(H,22,25). The van der Waals surface area contributed by atoms with Crippen LogP contribution in [0.3, 0.4) is 0 Å². The van der Waals surface area contributed by atoms with Crippen LogP contribution in [0.5, 0.6) is 0 Å². The second kappa shape index (κ2) is 6.57. The van der Waals surface area contributed by atoms with Crippen molar-refractivity contribution >= 4 is 54.7 Å². The third-order valence-corrected chi connectivity index (χ3v) is 6.29. The fourth-order valence-corrected chi connectivity index (χ4v) is 4.78. The molecule has 5 aromatic rings. The molecule has 2 heterocycles. The second-order valence-corrected chi connectivity index (χ2v) is 8.03. The molecule has 5 rings (SSSR count). The van der Waals surface area contributed by atoms with Crippen LogP contribution in [0.4, 0.5) is 5.69 Å². The largest absolute Gasteiger partial charge is 0.319 e. The van der Waals surface area contributed by atoms with Crippen molar-refractivity contribution in [2.75, 3.05) is 5.32 Å². The van der Waals surface area contributed by atoms with Crippen LogP contribution < -0.4 is 5.32 Å². The molecule has 1 amide bonds. The number of carbonyl (C=O) groups excluding carboxylic acids is 1. The molecule has 27 heavy (non-hydrogen) atoms. The minimum absolute atomic E-state index is 0.204. The van der Waals surface area contributed by atoms with Crippen molar-refractivity contribution in [2.24, 2.45) is 0 Å². The number of nitrogens with zero attached hydrogens (tertiary/aromatic N) is 2. The van der Waals surface area contributed by atoms with E-state index < -0.39 is 0 Å². The average Bonchev–Trinajstić information content (AvgIpc) is 3.32. The first kappa shape index (κ1) is 16.1. The van der Waals surface area contributed by atoms with Gasteiger partial charge in [-0.15, -0.1) is 22.7 Å². The molecule has 0 fully saturated rings. The maximum absolute atomic E-state index is 12.8. The molecule has 2 aromatic heterocycles. The van der Waals surface area contributed by atoms with E-state index in [0.29, 0.717) is 5.01 Å². The summed E-state index contributed by atoms with van der Waals surface area (Å²) in [5.74, 6) is -0.204. The van der Waals surface area contributed by atoms with Gasteiger partial charge in [0.05, 0.1) is 26.1 Å². The van der Waals surface area contributed by atoms with E-state index >= 15 is 0 Å². The summed E-state index contributed by atoms with van der Waals surface area (Å²) in [7, 11) is 0. The molecule has 0 unspecified atom stereocenters. The minimum Gasteiger partial charge on any atom is -0.319 e. The lowest BCUT2D eigenvalue weighted by molar-refractivity contribution is 0.102. The van der Waals surface area contributed by atoms with E-state index in [9.17, 15) is 4.79 Å². The van der Waals surface area contributed by atoms with E-state index in [1.165, 1.54) is 11.3 Å². The molecular weight excluding hydrogens is 374 g/mol. The molecule has 3 aromatic carbocycles. The highest BCUT2D eigenvalue weighted by atomic mass is 32.1. The summed E-state index contributed by atoms with van der Waals surface area (Å²) in [6.45, 7) is 0. The van der Waals surface area contributed by atoms with Gasteiger partial charge in [-0.25, -0.2) is 9.97 Å². The molecule has 0 saturated carbocycles. The van der Waals surface area contributed by atoms with Gasteiger partial charge in [-0.3, -0.25) is 4.79 Å². The normalized spacial score (nSPS) is 11.1. The van der Waals surface area contributed by atoms with Crippen LogP contribution in [0.1, 0.15) is 9.80 Å². The molecule has 0 aliphatic rings.